The van der Waals surface area contributed by atoms with Crippen molar-refractivity contribution < 1.29 is 17.8 Å². The molecule has 134 valence electrons. The molecule has 0 aromatic carbocycles. The van der Waals surface area contributed by atoms with Gasteiger partial charge in [-0.1, -0.05) is 58.3 Å². The van der Waals surface area contributed by atoms with Crippen LogP contribution in [0.2, 0.25) is 0 Å². The van der Waals surface area contributed by atoms with E-state index in [0.29, 0.717) is 6.42 Å². The van der Waals surface area contributed by atoms with Gasteiger partial charge in [0.15, 0.2) is 0 Å². The highest BCUT2D eigenvalue weighted by Gasteiger charge is 2.05. The van der Waals surface area contributed by atoms with Crippen molar-refractivity contribution in [1.82, 2.24) is 11.5 Å². The lowest BCUT2D eigenvalue weighted by atomic mass is 10.1. The topological polar surface area (TPSA) is 118 Å². The van der Waals surface area contributed by atoms with Crippen molar-refractivity contribution in [3.05, 3.63) is 0 Å². The second-order valence-electron chi connectivity index (χ2n) is 5.58. The Morgan fingerprint density at radius 2 is 1.45 bits per heavy atom. The smallest absolute Gasteiger partial charge is 0.266 e. The van der Waals surface area contributed by atoms with Crippen LogP contribution in [0.15, 0.2) is 0 Å². The predicted octanol–water partition coefficient (Wildman–Crippen LogP) is 3.12. The Kier molecular flexibility index (Phi) is 16.6. The molecule has 0 aliphatic rings. The van der Waals surface area contributed by atoms with Gasteiger partial charge in [0.1, 0.15) is 5.78 Å². The van der Waals surface area contributed by atoms with Crippen molar-refractivity contribution in [1.29, 1.82) is 0 Å². The first-order valence-corrected chi connectivity index (χ1v) is 9.74. The molecule has 0 bridgehead atoms. The van der Waals surface area contributed by atoms with Gasteiger partial charge in [0.05, 0.1) is 12.3 Å². The van der Waals surface area contributed by atoms with Crippen molar-refractivity contribution in [2.24, 2.45) is 0 Å². The summed E-state index contributed by atoms with van der Waals surface area (Å²) in [6.45, 7) is 2.52. The molecule has 22 heavy (non-hydrogen) atoms. The number of nitrogens with one attached hydrogen (secondary N) is 1. The van der Waals surface area contributed by atoms with Gasteiger partial charge in [0, 0.05) is 13.0 Å². The summed E-state index contributed by atoms with van der Waals surface area (Å²) in [7, 11) is -3.93. The molecule has 0 unspecified atom stereocenters. The zero-order chi connectivity index (χ0) is 16.0. The summed E-state index contributed by atoms with van der Waals surface area (Å²) in [6, 6.07) is 0. The van der Waals surface area contributed by atoms with Crippen molar-refractivity contribution in [3.8, 4) is 0 Å². The Hall–Kier alpha value is -0.500. The first kappa shape index (κ1) is 23.8. The molecule has 0 amide bonds. The van der Waals surface area contributed by atoms with E-state index in [1.165, 1.54) is 44.9 Å². The molecule has 5 N–H and O–H groups in total. The van der Waals surface area contributed by atoms with Crippen molar-refractivity contribution in [3.63, 3.8) is 0 Å². The molecule has 0 fully saturated rings. The minimum atomic E-state index is -3.93. The first-order chi connectivity index (χ1) is 9.95. The van der Waals surface area contributed by atoms with E-state index in [4.69, 9.17) is 4.55 Å². The molecule has 0 spiro atoms. The fraction of sp³-hybridized carbons (Fsp3) is 0.933. The van der Waals surface area contributed by atoms with Crippen LogP contribution in [0, 0.1) is 0 Å². The zero-order valence-electron chi connectivity index (χ0n) is 14.0. The SMILES string of the molecule is CCCCCCCCCCCC(=O)CNCCS(=O)(=O)O.N. The average molecular weight is 339 g/mol. The van der Waals surface area contributed by atoms with Crippen molar-refractivity contribution in [2.45, 2.75) is 71.1 Å². The van der Waals surface area contributed by atoms with E-state index in [-0.39, 0.29) is 30.8 Å². The number of Topliss-reactive ketones (excluding diaryl/α,β-unsaturated/α-hetero) is 1. The van der Waals surface area contributed by atoms with Crippen LogP contribution in [0.1, 0.15) is 71.1 Å². The second kappa shape index (κ2) is 15.4. The van der Waals surface area contributed by atoms with Crippen LogP contribution in [-0.2, 0) is 14.9 Å². The third kappa shape index (κ3) is 19.5. The minimum Gasteiger partial charge on any atom is -0.344 e. The van der Waals surface area contributed by atoms with Gasteiger partial charge < -0.3 is 11.5 Å². The lowest BCUT2D eigenvalue weighted by Crippen LogP contribution is -2.28. The van der Waals surface area contributed by atoms with Crippen LogP contribution in [0.3, 0.4) is 0 Å². The van der Waals surface area contributed by atoms with E-state index < -0.39 is 10.1 Å². The number of rotatable bonds is 15. The Bertz CT molecular complexity index is 359. The Balaban J connectivity index is 0. The summed E-state index contributed by atoms with van der Waals surface area (Å²) in [5.41, 5.74) is 0. The van der Waals surface area contributed by atoms with Crippen molar-refractivity contribution >= 4 is 15.9 Å². The Morgan fingerprint density at radius 3 is 1.95 bits per heavy atom. The maximum absolute atomic E-state index is 11.5. The zero-order valence-corrected chi connectivity index (χ0v) is 14.8. The Morgan fingerprint density at radius 1 is 0.955 bits per heavy atom. The molecule has 0 radical (unpaired) electrons. The summed E-state index contributed by atoms with van der Waals surface area (Å²) >= 11 is 0. The number of carbonyl (C=O) groups is 1. The molecule has 0 heterocycles. The van der Waals surface area contributed by atoms with Crippen LogP contribution in [-0.4, -0.2) is 37.6 Å². The summed E-state index contributed by atoms with van der Waals surface area (Å²) < 4.78 is 29.4. The fourth-order valence-electron chi connectivity index (χ4n) is 2.15. The van der Waals surface area contributed by atoms with E-state index in [9.17, 15) is 13.2 Å². The van der Waals surface area contributed by atoms with E-state index in [1.807, 2.05) is 0 Å². The van der Waals surface area contributed by atoms with Gasteiger partial charge in [-0.3, -0.25) is 9.35 Å². The number of carbonyl (C=O) groups excluding carboxylic acids is 1. The predicted molar refractivity (Wildman–Crippen MR) is 91.2 cm³/mol. The molecule has 0 atom stereocenters. The normalized spacial score (nSPS) is 11.2. The van der Waals surface area contributed by atoms with Gasteiger partial charge in [0.25, 0.3) is 10.1 Å². The van der Waals surface area contributed by atoms with E-state index in [1.54, 1.807) is 0 Å². The van der Waals surface area contributed by atoms with Crippen LogP contribution in [0.4, 0.5) is 0 Å². The monoisotopic (exact) mass is 338 g/mol. The van der Waals surface area contributed by atoms with Gasteiger partial charge >= 0.3 is 0 Å². The second-order valence-corrected chi connectivity index (χ2v) is 7.15. The number of hydrogen-bond donors (Lipinski definition) is 3. The van der Waals surface area contributed by atoms with Gasteiger partial charge in [-0.15, -0.1) is 0 Å². The van der Waals surface area contributed by atoms with Crippen molar-refractivity contribution in [2.75, 3.05) is 18.8 Å². The first-order valence-electron chi connectivity index (χ1n) is 8.13. The average Bonchev–Trinajstić information content (AvgIpc) is 2.41. The standard InChI is InChI=1S/C15H31NO4S.H3N/c1-2-3-4-5-6-7-8-9-10-11-15(17)14-16-12-13-21(18,19)20;/h16H,2-14H2,1H3,(H,18,19,20);1H3. The molecule has 0 rings (SSSR count). The lowest BCUT2D eigenvalue weighted by molar-refractivity contribution is -0.118. The Labute approximate surface area is 135 Å². The maximum atomic E-state index is 11.5. The summed E-state index contributed by atoms with van der Waals surface area (Å²) in [5.74, 6) is -0.244. The molecule has 0 aliphatic carbocycles. The summed E-state index contributed by atoms with van der Waals surface area (Å²) in [6.07, 6.45) is 11.6. The molecule has 0 aliphatic heterocycles. The lowest BCUT2D eigenvalue weighted by Gasteiger charge is -2.04. The fourth-order valence-corrected chi connectivity index (χ4v) is 2.55. The van der Waals surface area contributed by atoms with Gasteiger partial charge in [-0.05, 0) is 6.42 Å². The number of unbranched alkanes of at least 4 members (excludes halogenated alkanes) is 8. The minimum absolute atomic E-state index is 0. The molecule has 0 aromatic rings. The number of hydrogen-bond acceptors (Lipinski definition) is 5. The van der Waals surface area contributed by atoms with E-state index in [2.05, 4.69) is 12.2 Å². The summed E-state index contributed by atoms with van der Waals surface area (Å²) in [5, 5.41) is 2.73. The third-order valence-electron chi connectivity index (χ3n) is 3.42. The molecule has 7 heteroatoms. The third-order valence-corrected chi connectivity index (χ3v) is 4.14. The largest absolute Gasteiger partial charge is 0.344 e. The molecular weight excluding hydrogens is 304 g/mol. The maximum Gasteiger partial charge on any atom is 0.266 e. The number of ketones is 1. The highest BCUT2D eigenvalue weighted by Crippen LogP contribution is 2.10. The van der Waals surface area contributed by atoms with Gasteiger partial charge in [0.2, 0.25) is 0 Å². The molecule has 6 nitrogen and oxygen atoms in total. The quantitative estimate of drug-likeness (QED) is 0.312. The highest BCUT2D eigenvalue weighted by atomic mass is 32.2. The van der Waals surface area contributed by atoms with Crippen LogP contribution < -0.4 is 11.5 Å². The molecule has 0 saturated heterocycles. The van der Waals surface area contributed by atoms with Crippen LogP contribution in [0.5, 0.6) is 0 Å². The molecule has 0 saturated carbocycles. The highest BCUT2D eigenvalue weighted by molar-refractivity contribution is 7.85. The van der Waals surface area contributed by atoms with Crippen LogP contribution >= 0.6 is 0 Å². The molecule has 0 aromatic heterocycles. The van der Waals surface area contributed by atoms with Gasteiger partial charge in [-0.2, -0.15) is 8.42 Å². The van der Waals surface area contributed by atoms with E-state index in [0.717, 1.165) is 12.8 Å². The summed E-state index contributed by atoms with van der Waals surface area (Å²) in [4.78, 5) is 11.5. The molecular formula is C15H34N2O4S. The van der Waals surface area contributed by atoms with Crippen LogP contribution in [0.25, 0.3) is 0 Å². The van der Waals surface area contributed by atoms with Gasteiger partial charge in [-0.25, -0.2) is 0 Å². The van der Waals surface area contributed by atoms with E-state index >= 15 is 0 Å².